The highest BCUT2D eigenvalue weighted by molar-refractivity contribution is 6.03. The first kappa shape index (κ1) is 21.8. The molecule has 1 heterocycles. The summed E-state index contributed by atoms with van der Waals surface area (Å²) in [5.74, 6) is -0.707. The van der Waals surface area contributed by atoms with Crippen molar-refractivity contribution in [2.24, 2.45) is 0 Å². The molecule has 0 aliphatic carbocycles. The van der Waals surface area contributed by atoms with E-state index in [0.29, 0.717) is 34.5 Å². The number of aromatic carboxylic acids is 1. The fraction of sp³-hybridized carbons (Fsp3) is 0.0741. The number of carboxylic acids is 1. The Labute approximate surface area is 190 Å². The molecule has 0 aliphatic heterocycles. The van der Waals surface area contributed by atoms with Crippen molar-refractivity contribution in [1.82, 2.24) is 4.98 Å². The van der Waals surface area contributed by atoms with Crippen LogP contribution in [0.1, 0.15) is 37.5 Å². The van der Waals surface area contributed by atoms with E-state index < -0.39 is 5.97 Å². The van der Waals surface area contributed by atoms with Crippen LogP contribution >= 0.6 is 0 Å². The van der Waals surface area contributed by atoms with E-state index in [-0.39, 0.29) is 11.5 Å². The van der Waals surface area contributed by atoms with Crippen LogP contribution in [-0.4, -0.2) is 29.1 Å². The number of para-hydroxylation sites is 2. The normalized spacial score (nSPS) is 10.9. The third-order valence-corrected chi connectivity index (χ3v) is 5.09. The molecule has 1 aromatic heterocycles. The predicted octanol–water partition coefficient (Wildman–Crippen LogP) is 5.47. The minimum Gasteiger partial charge on any atom is -0.488 e. The highest BCUT2D eigenvalue weighted by Crippen LogP contribution is 2.24. The molecule has 0 fully saturated rings. The second kappa shape index (κ2) is 9.78. The van der Waals surface area contributed by atoms with Gasteiger partial charge in [-0.25, -0.2) is 14.6 Å². The van der Waals surface area contributed by atoms with Gasteiger partial charge in [0, 0.05) is 10.9 Å². The molecule has 6 nitrogen and oxygen atoms in total. The molecule has 1 N–H and O–H groups in total. The van der Waals surface area contributed by atoms with Gasteiger partial charge < -0.3 is 14.6 Å². The minimum absolute atomic E-state index is 0.209. The lowest BCUT2D eigenvalue weighted by molar-refractivity contribution is 0.0599. The van der Waals surface area contributed by atoms with Gasteiger partial charge in [-0.2, -0.15) is 0 Å². The summed E-state index contributed by atoms with van der Waals surface area (Å²) in [6.07, 6.45) is 3.62. The maximum atomic E-state index is 11.7. The van der Waals surface area contributed by atoms with E-state index in [1.807, 2.05) is 48.5 Å². The van der Waals surface area contributed by atoms with Crippen molar-refractivity contribution < 1.29 is 24.2 Å². The number of pyridine rings is 1. The Kier molecular flexibility index (Phi) is 6.45. The zero-order valence-corrected chi connectivity index (χ0v) is 17.9. The van der Waals surface area contributed by atoms with Crippen LogP contribution in [0.2, 0.25) is 0 Å². The van der Waals surface area contributed by atoms with Gasteiger partial charge in [0.1, 0.15) is 12.4 Å². The first-order valence-electron chi connectivity index (χ1n) is 10.3. The quantitative estimate of drug-likeness (QED) is 0.385. The number of aromatic nitrogens is 1. The molecule has 0 unspecified atom stereocenters. The highest BCUT2D eigenvalue weighted by atomic mass is 16.5. The van der Waals surface area contributed by atoms with Gasteiger partial charge in [-0.15, -0.1) is 0 Å². The Bertz CT molecular complexity index is 1340. The van der Waals surface area contributed by atoms with Crippen LogP contribution in [-0.2, 0) is 11.3 Å². The molecular formula is C27H21NO5. The number of benzene rings is 3. The zero-order valence-electron chi connectivity index (χ0n) is 17.9. The lowest BCUT2D eigenvalue weighted by atomic mass is 10.1. The Hall–Kier alpha value is -4.45. The van der Waals surface area contributed by atoms with Gasteiger partial charge in [0.15, 0.2) is 0 Å². The first-order chi connectivity index (χ1) is 16.0. The molecule has 3 aromatic carbocycles. The Morgan fingerprint density at radius 1 is 0.939 bits per heavy atom. The lowest BCUT2D eigenvalue weighted by Gasteiger charge is -2.10. The summed E-state index contributed by atoms with van der Waals surface area (Å²) in [5, 5.41) is 10.2. The Morgan fingerprint density at radius 2 is 1.67 bits per heavy atom. The number of hydrogen-bond donors (Lipinski definition) is 1. The average molecular weight is 439 g/mol. The maximum absolute atomic E-state index is 11.7. The number of carboxylic acid groups (broad SMARTS) is 1. The molecule has 0 saturated carbocycles. The summed E-state index contributed by atoms with van der Waals surface area (Å²) in [7, 11) is 1.35. The summed E-state index contributed by atoms with van der Waals surface area (Å²) in [6, 6.07) is 23.3. The monoisotopic (exact) mass is 439 g/mol. The molecule has 0 saturated heterocycles. The molecule has 164 valence electrons. The summed E-state index contributed by atoms with van der Waals surface area (Å²) >= 11 is 0. The number of nitrogens with zero attached hydrogens (tertiary/aromatic N) is 1. The van der Waals surface area contributed by atoms with Crippen LogP contribution in [0.5, 0.6) is 5.75 Å². The molecule has 4 rings (SSSR count). The largest absolute Gasteiger partial charge is 0.488 e. The van der Waals surface area contributed by atoms with Crippen LogP contribution in [0.3, 0.4) is 0 Å². The third kappa shape index (κ3) is 5.07. The fourth-order valence-corrected chi connectivity index (χ4v) is 3.40. The minimum atomic E-state index is -0.995. The Morgan fingerprint density at radius 3 is 2.42 bits per heavy atom. The van der Waals surface area contributed by atoms with Crippen LogP contribution in [0.25, 0.3) is 23.1 Å². The van der Waals surface area contributed by atoms with Gasteiger partial charge in [-0.3, -0.25) is 0 Å². The van der Waals surface area contributed by atoms with E-state index in [2.05, 4.69) is 4.98 Å². The van der Waals surface area contributed by atoms with E-state index in [4.69, 9.17) is 9.47 Å². The van der Waals surface area contributed by atoms with Crippen molar-refractivity contribution in [3.63, 3.8) is 0 Å². The van der Waals surface area contributed by atoms with Gasteiger partial charge in [-0.1, -0.05) is 48.5 Å². The highest BCUT2D eigenvalue weighted by Gasteiger charge is 2.11. The molecule has 4 aromatic rings. The second-order valence-corrected chi connectivity index (χ2v) is 7.27. The first-order valence-corrected chi connectivity index (χ1v) is 10.3. The summed E-state index contributed by atoms with van der Waals surface area (Å²) in [4.78, 5) is 27.8. The standard InChI is InChI=1S/C27H21NO5/c1-32-27(31)20-12-10-18(11-13-20)17-33-25-9-5-2-6-19(25)14-15-21-16-23(26(29)30)22-7-3-4-8-24(22)28-21/h2-16H,17H2,1H3,(H,29,30). The van der Waals surface area contributed by atoms with E-state index in [9.17, 15) is 14.7 Å². The molecule has 0 aliphatic rings. The molecule has 0 bridgehead atoms. The number of carbonyl (C=O) groups excluding carboxylic acids is 1. The van der Waals surface area contributed by atoms with E-state index in [1.54, 1.807) is 42.5 Å². The van der Waals surface area contributed by atoms with Gasteiger partial charge in [0.05, 0.1) is 29.4 Å². The van der Waals surface area contributed by atoms with Gasteiger partial charge >= 0.3 is 11.9 Å². The van der Waals surface area contributed by atoms with Crippen LogP contribution < -0.4 is 4.74 Å². The van der Waals surface area contributed by atoms with E-state index in [1.165, 1.54) is 7.11 Å². The van der Waals surface area contributed by atoms with Crippen molar-refractivity contribution in [3.8, 4) is 5.75 Å². The molecule has 0 amide bonds. The second-order valence-electron chi connectivity index (χ2n) is 7.27. The molecule has 0 atom stereocenters. The molecule has 33 heavy (non-hydrogen) atoms. The van der Waals surface area contributed by atoms with Gasteiger partial charge in [-0.05, 0) is 48.0 Å². The van der Waals surface area contributed by atoms with E-state index in [0.717, 1.165) is 11.1 Å². The van der Waals surface area contributed by atoms with Crippen molar-refractivity contribution >= 4 is 35.0 Å². The van der Waals surface area contributed by atoms with Crippen molar-refractivity contribution in [2.45, 2.75) is 6.61 Å². The molecular weight excluding hydrogens is 418 g/mol. The molecule has 0 radical (unpaired) electrons. The van der Waals surface area contributed by atoms with Crippen molar-refractivity contribution in [3.05, 3.63) is 107 Å². The summed E-state index contributed by atoms with van der Waals surface area (Å²) in [5.41, 5.74) is 3.59. The predicted molar refractivity (Wildman–Crippen MR) is 126 cm³/mol. The number of ether oxygens (including phenoxy) is 2. The SMILES string of the molecule is COC(=O)c1ccc(COc2ccccc2C=Cc2cc(C(=O)O)c3ccccc3n2)cc1. The maximum Gasteiger partial charge on any atom is 0.337 e. The summed E-state index contributed by atoms with van der Waals surface area (Å²) in [6.45, 7) is 0.323. The van der Waals surface area contributed by atoms with Gasteiger partial charge in [0.25, 0.3) is 0 Å². The van der Waals surface area contributed by atoms with Crippen molar-refractivity contribution in [2.75, 3.05) is 7.11 Å². The zero-order chi connectivity index (χ0) is 23.2. The van der Waals surface area contributed by atoms with Crippen LogP contribution in [0.15, 0.2) is 78.9 Å². The molecule has 6 heteroatoms. The van der Waals surface area contributed by atoms with Crippen LogP contribution in [0.4, 0.5) is 0 Å². The van der Waals surface area contributed by atoms with E-state index >= 15 is 0 Å². The number of rotatable bonds is 7. The summed E-state index contributed by atoms with van der Waals surface area (Å²) < 4.78 is 10.7. The molecule has 0 spiro atoms. The number of hydrogen-bond acceptors (Lipinski definition) is 5. The Balaban J connectivity index is 1.54. The number of fused-ring (bicyclic) bond motifs is 1. The smallest absolute Gasteiger partial charge is 0.337 e. The van der Waals surface area contributed by atoms with Crippen LogP contribution in [0, 0.1) is 0 Å². The number of esters is 1. The van der Waals surface area contributed by atoms with Crippen molar-refractivity contribution in [1.29, 1.82) is 0 Å². The lowest BCUT2D eigenvalue weighted by Crippen LogP contribution is -2.02. The number of methoxy groups -OCH3 is 1. The topological polar surface area (TPSA) is 85.7 Å². The third-order valence-electron chi connectivity index (χ3n) is 5.09. The number of carbonyl (C=O) groups is 2. The fourth-order valence-electron chi connectivity index (χ4n) is 3.40. The average Bonchev–Trinajstić information content (AvgIpc) is 2.86. The van der Waals surface area contributed by atoms with Gasteiger partial charge in [0.2, 0.25) is 0 Å².